The fourth-order valence-corrected chi connectivity index (χ4v) is 4.58. The molecule has 0 saturated heterocycles. The number of nitrogens with zero attached hydrogens (tertiary/aromatic N) is 1. The van der Waals surface area contributed by atoms with Crippen molar-refractivity contribution in [3.63, 3.8) is 0 Å². The van der Waals surface area contributed by atoms with Gasteiger partial charge in [0.15, 0.2) is 4.34 Å². The van der Waals surface area contributed by atoms with Crippen molar-refractivity contribution in [1.82, 2.24) is 10.3 Å². The van der Waals surface area contributed by atoms with E-state index in [0.717, 1.165) is 10.0 Å². The Hall–Kier alpha value is -1.33. The van der Waals surface area contributed by atoms with E-state index in [1.54, 1.807) is 11.3 Å². The Morgan fingerprint density at radius 1 is 1.35 bits per heavy atom. The number of carbonyl (C=O) groups excluding carboxylic acids is 1. The molecule has 5 heteroatoms. The predicted molar refractivity (Wildman–Crippen MR) is 97.2 cm³/mol. The van der Waals surface area contributed by atoms with Crippen LogP contribution in [0.5, 0.6) is 0 Å². The lowest BCUT2D eigenvalue weighted by Crippen LogP contribution is -2.28. The van der Waals surface area contributed by atoms with Gasteiger partial charge in [0.1, 0.15) is 0 Å². The van der Waals surface area contributed by atoms with Crippen LogP contribution in [0.15, 0.2) is 27.9 Å². The number of amides is 1. The predicted octanol–water partition coefficient (Wildman–Crippen LogP) is 4.30. The lowest BCUT2D eigenvalue weighted by molar-refractivity contribution is -0.119. The summed E-state index contributed by atoms with van der Waals surface area (Å²) in [7, 11) is 0. The summed E-state index contributed by atoms with van der Waals surface area (Å²) in [6, 6.07) is 6.72. The largest absolute Gasteiger partial charge is 0.349 e. The van der Waals surface area contributed by atoms with E-state index in [1.807, 2.05) is 12.3 Å². The maximum Gasteiger partial charge on any atom is 0.230 e. The Balaban J connectivity index is 1.55. The van der Waals surface area contributed by atoms with E-state index in [-0.39, 0.29) is 11.9 Å². The minimum absolute atomic E-state index is 0.0494. The Bertz CT molecular complexity index is 696. The molecule has 3 rings (SSSR count). The van der Waals surface area contributed by atoms with Crippen molar-refractivity contribution in [2.24, 2.45) is 0 Å². The molecule has 2 aromatic rings. The van der Waals surface area contributed by atoms with E-state index in [1.165, 1.54) is 54.1 Å². The summed E-state index contributed by atoms with van der Waals surface area (Å²) in [5, 5.41) is 5.11. The standard InChI is InChI=1S/C18H22N2OS2/c1-12-10-22-18(19-12)23-11-17(21)20-13(2)15-8-7-14-5-3-4-6-16(14)9-15/h7-10,13H,3-6,11H2,1-2H3,(H,20,21). The van der Waals surface area contributed by atoms with Crippen LogP contribution in [0.3, 0.4) is 0 Å². The normalized spacial score (nSPS) is 15.0. The van der Waals surface area contributed by atoms with Gasteiger partial charge in [-0.15, -0.1) is 11.3 Å². The SMILES string of the molecule is Cc1csc(SCC(=O)NC(C)c2ccc3c(c2)CCCC3)n1. The van der Waals surface area contributed by atoms with Crippen LogP contribution in [0.2, 0.25) is 0 Å². The van der Waals surface area contributed by atoms with E-state index in [4.69, 9.17) is 0 Å². The number of fused-ring (bicyclic) bond motifs is 1. The van der Waals surface area contributed by atoms with Crippen molar-refractivity contribution in [3.05, 3.63) is 46.0 Å². The monoisotopic (exact) mass is 346 g/mol. The Morgan fingerprint density at radius 3 is 2.87 bits per heavy atom. The molecule has 122 valence electrons. The lowest BCUT2D eigenvalue weighted by atomic mass is 9.89. The molecule has 0 spiro atoms. The summed E-state index contributed by atoms with van der Waals surface area (Å²) in [5.41, 5.74) is 5.16. The van der Waals surface area contributed by atoms with Crippen molar-refractivity contribution in [2.75, 3.05) is 5.75 Å². The molecule has 1 aliphatic carbocycles. The zero-order valence-corrected chi connectivity index (χ0v) is 15.2. The highest BCUT2D eigenvalue weighted by Crippen LogP contribution is 2.25. The van der Waals surface area contributed by atoms with Gasteiger partial charge in [-0.1, -0.05) is 30.0 Å². The third-order valence-corrected chi connectivity index (χ3v) is 6.31. The molecule has 0 radical (unpaired) electrons. The van der Waals surface area contributed by atoms with Gasteiger partial charge in [0.25, 0.3) is 0 Å². The van der Waals surface area contributed by atoms with Gasteiger partial charge in [0.05, 0.1) is 11.8 Å². The fraction of sp³-hybridized carbons (Fsp3) is 0.444. The van der Waals surface area contributed by atoms with E-state index in [0.29, 0.717) is 5.75 Å². The van der Waals surface area contributed by atoms with Crippen LogP contribution >= 0.6 is 23.1 Å². The van der Waals surface area contributed by atoms with Gasteiger partial charge < -0.3 is 5.32 Å². The van der Waals surface area contributed by atoms with Gasteiger partial charge in [0.2, 0.25) is 5.91 Å². The third kappa shape index (κ3) is 4.36. The van der Waals surface area contributed by atoms with Crippen molar-refractivity contribution in [1.29, 1.82) is 0 Å². The summed E-state index contributed by atoms with van der Waals surface area (Å²) < 4.78 is 0.957. The molecule has 1 amide bonds. The number of benzene rings is 1. The number of aryl methyl sites for hydroxylation is 3. The molecule has 1 aliphatic rings. The number of hydrogen-bond acceptors (Lipinski definition) is 4. The molecule has 23 heavy (non-hydrogen) atoms. The summed E-state index contributed by atoms with van der Waals surface area (Å²) in [6.07, 6.45) is 4.94. The topological polar surface area (TPSA) is 42.0 Å². The highest BCUT2D eigenvalue weighted by atomic mass is 32.2. The molecule has 0 bridgehead atoms. The molecular formula is C18H22N2OS2. The number of aromatic nitrogens is 1. The molecular weight excluding hydrogens is 324 g/mol. The van der Waals surface area contributed by atoms with Crippen molar-refractivity contribution in [3.8, 4) is 0 Å². The van der Waals surface area contributed by atoms with Gasteiger partial charge in [0, 0.05) is 11.1 Å². The molecule has 0 fully saturated rings. The highest BCUT2D eigenvalue weighted by Gasteiger charge is 2.14. The van der Waals surface area contributed by atoms with E-state index >= 15 is 0 Å². The van der Waals surface area contributed by atoms with Crippen LogP contribution in [0.1, 0.15) is 48.2 Å². The van der Waals surface area contributed by atoms with Gasteiger partial charge in [-0.05, 0) is 56.2 Å². The Kier molecular flexibility index (Phi) is 5.38. The third-order valence-electron chi connectivity index (χ3n) is 4.17. The number of nitrogens with one attached hydrogen (secondary N) is 1. The Labute approximate surface area is 145 Å². The van der Waals surface area contributed by atoms with Gasteiger partial charge in [-0.2, -0.15) is 0 Å². The maximum absolute atomic E-state index is 12.1. The van der Waals surface area contributed by atoms with Crippen LogP contribution in [-0.2, 0) is 17.6 Å². The number of thioether (sulfide) groups is 1. The van der Waals surface area contributed by atoms with E-state index in [9.17, 15) is 4.79 Å². The second kappa shape index (κ2) is 7.49. The first kappa shape index (κ1) is 16.5. The molecule has 1 unspecified atom stereocenters. The molecule has 1 aromatic heterocycles. The molecule has 1 N–H and O–H groups in total. The van der Waals surface area contributed by atoms with Gasteiger partial charge in [-0.25, -0.2) is 4.98 Å². The van der Waals surface area contributed by atoms with Crippen LogP contribution in [0.4, 0.5) is 0 Å². The second-order valence-corrected chi connectivity index (χ2v) is 8.15. The minimum atomic E-state index is 0.0494. The number of carbonyl (C=O) groups is 1. The Morgan fingerprint density at radius 2 is 2.13 bits per heavy atom. The smallest absolute Gasteiger partial charge is 0.230 e. The quantitative estimate of drug-likeness (QED) is 0.821. The first-order chi connectivity index (χ1) is 11.1. The molecule has 0 aliphatic heterocycles. The van der Waals surface area contributed by atoms with Crippen molar-refractivity contribution in [2.45, 2.75) is 49.9 Å². The maximum atomic E-state index is 12.1. The first-order valence-corrected chi connectivity index (χ1v) is 9.94. The van der Waals surface area contributed by atoms with Gasteiger partial charge >= 0.3 is 0 Å². The number of thiazole rings is 1. The summed E-state index contributed by atoms with van der Waals surface area (Å²) >= 11 is 3.10. The van der Waals surface area contributed by atoms with Crippen LogP contribution in [0.25, 0.3) is 0 Å². The fourth-order valence-electron chi connectivity index (χ4n) is 2.92. The van der Waals surface area contributed by atoms with Gasteiger partial charge in [-0.3, -0.25) is 4.79 Å². The van der Waals surface area contributed by atoms with E-state index < -0.39 is 0 Å². The summed E-state index contributed by atoms with van der Waals surface area (Å²) in [4.78, 5) is 16.5. The second-order valence-electron chi connectivity index (χ2n) is 6.07. The first-order valence-electron chi connectivity index (χ1n) is 8.08. The van der Waals surface area contributed by atoms with Crippen LogP contribution in [-0.4, -0.2) is 16.6 Å². The minimum Gasteiger partial charge on any atom is -0.349 e. The lowest BCUT2D eigenvalue weighted by Gasteiger charge is -2.20. The average Bonchev–Trinajstić information content (AvgIpc) is 2.98. The molecule has 3 nitrogen and oxygen atoms in total. The van der Waals surface area contributed by atoms with Crippen molar-refractivity contribution < 1.29 is 4.79 Å². The summed E-state index contributed by atoms with van der Waals surface area (Å²) in [5.74, 6) is 0.482. The molecule has 1 atom stereocenters. The number of rotatable bonds is 5. The average molecular weight is 347 g/mol. The molecule has 1 heterocycles. The van der Waals surface area contributed by atoms with E-state index in [2.05, 4.69) is 35.4 Å². The molecule has 1 aromatic carbocycles. The highest BCUT2D eigenvalue weighted by molar-refractivity contribution is 8.01. The van der Waals surface area contributed by atoms with Crippen LogP contribution in [0, 0.1) is 6.92 Å². The zero-order chi connectivity index (χ0) is 16.2. The number of hydrogen-bond donors (Lipinski definition) is 1. The van der Waals surface area contributed by atoms with Crippen LogP contribution < -0.4 is 5.32 Å². The summed E-state index contributed by atoms with van der Waals surface area (Å²) in [6.45, 7) is 4.03. The van der Waals surface area contributed by atoms with Crippen molar-refractivity contribution >= 4 is 29.0 Å². The molecule has 0 saturated carbocycles. The zero-order valence-electron chi connectivity index (χ0n) is 13.6.